The summed E-state index contributed by atoms with van der Waals surface area (Å²) in [5.74, 6) is -1.23. The fourth-order valence-electron chi connectivity index (χ4n) is 2.33. The highest BCUT2D eigenvalue weighted by Crippen LogP contribution is 2.37. The Labute approximate surface area is 130 Å². The van der Waals surface area contributed by atoms with Gasteiger partial charge in [0.2, 0.25) is 0 Å². The van der Waals surface area contributed by atoms with Crippen LogP contribution in [0.2, 0.25) is 5.02 Å². The lowest BCUT2D eigenvalue weighted by atomic mass is 9.76. The fourth-order valence-corrected chi connectivity index (χ4v) is 2.63. The molecule has 4 nitrogen and oxygen atoms in total. The van der Waals surface area contributed by atoms with E-state index < -0.39 is 17.4 Å². The van der Waals surface area contributed by atoms with E-state index in [1.807, 2.05) is 6.92 Å². The van der Waals surface area contributed by atoms with Gasteiger partial charge in [0.1, 0.15) is 0 Å². The third-order valence-electron chi connectivity index (χ3n) is 3.21. The van der Waals surface area contributed by atoms with Crippen molar-refractivity contribution in [3.8, 4) is 0 Å². The maximum Gasteiger partial charge on any atom is 0.328 e. The number of benzene rings is 1. The summed E-state index contributed by atoms with van der Waals surface area (Å²) in [4.78, 5) is 25.1. The molecule has 0 amide bonds. The molecule has 0 aliphatic carbocycles. The Morgan fingerprint density at radius 2 is 1.57 bits per heavy atom. The van der Waals surface area contributed by atoms with Crippen molar-refractivity contribution in [2.45, 2.75) is 39.0 Å². The molecule has 0 saturated heterocycles. The van der Waals surface area contributed by atoms with Gasteiger partial charge < -0.3 is 9.47 Å². The maximum atomic E-state index is 12.5. The highest BCUT2D eigenvalue weighted by Gasteiger charge is 2.50. The summed E-state index contributed by atoms with van der Waals surface area (Å²) >= 11 is 6.22. The monoisotopic (exact) mass is 312 g/mol. The summed E-state index contributed by atoms with van der Waals surface area (Å²) in [6.45, 7) is 5.67. The minimum Gasteiger partial charge on any atom is -0.465 e. The average Bonchev–Trinajstić information content (AvgIpc) is 2.46. The summed E-state index contributed by atoms with van der Waals surface area (Å²) in [5.41, 5.74) is -1.07. The van der Waals surface area contributed by atoms with Crippen molar-refractivity contribution in [3.63, 3.8) is 0 Å². The van der Waals surface area contributed by atoms with E-state index in [-0.39, 0.29) is 19.6 Å². The van der Waals surface area contributed by atoms with Gasteiger partial charge in [-0.1, -0.05) is 43.1 Å². The van der Waals surface area contributed by atoms with Gasteiger partial charge >= 0.3 is 11.9 Å². The first kappa shape index (κ1) is 17.5. The topological polar surface area (TPSA) is 52.6 Å². The molecule has 1 aromatic carbocycles. The van der Waals surface area contributed by atoms with Gasteiger partial charge in [-0.05, 0) is 31.9 Å². The number of carbonyl (C=O) groups excluding carboxylic acids is 2. The van der Waals surface area contributed by atoms with Crippen molar-refractivity contribution in [3.05, 3.63) is 34.9 Å². The maximum absolute atomic E-state index is 12.5. The normalized spacial score (nSPS) is 11.0. The molecule has 0 aliphatic heterocycles. The Bertz CT molecular complexity index is 481. The third-order valence-corrected chi connectivity index (χ3v) is 3.54. The van der Waals surface area contributed by atoms with Crippen LogP contribution in [0.4, 0.5) is 0 Å². The van der Waals surface area contributed by atoms with Crippen molar-refractivity contribution in [2.24, 2.45) is 0 Å². The minimum absolute atomic E-state index is 0.189. The van der Waals surface area contributed by atoms with Crippen molar-refractivity contribution in [1.82, 2.24) is 0 Å². The molecule has 0 radical (unpaired) electrons. The van der Waals surface area contributed by atoms with Crippen LogP contribution in [0.25, 0.3) is 0 Å². The second-order valence-corrected chi connectivity index (χ2v) is 4.98. The van der Waals surface area contributed by atoms with Crippen molar-refractivity contribution in [1.29, 1.82) is 0 Å². The number of hydrogen-bond acceptors (Lipinski definition) is 4. The molecule has 0 N–H and O–H groups in total. The number of esters is 2. The standard InChI is InChI=1S/C16H21ClO4/c1-4-11-16(14(18)20-5-2,15(19)21-6-3)12-9-7-8-10-13(12)17/h7-10H,4-6,11H2,1-3H3. The van der Waals surface area contributed by atoms with Crippen LogP contribution >= 0.6 is 11.6 Å². The number of halogens is 1. The second kappa shape index (κ2) is 8.03. The van der Waals surface area contributed by atoms with Crippen LogP contribution in [0.15, 0.2) is 24.3 Å². The second-order valence-electron chi connectivity index (χ2n) is 4.58. The molecule has 0 fully saturated rings. The molecule has 0 aromatic heterocycles. The molecule has 21 heavy (non-hydrogen) atoms. The van der Waals surface area contributed by atoms with Gasteiger partial charge in [-0.15, -0.1) is 0 Å². The SMILES string of the molecule is CCCC(C(=O)OCC)(C(=O)OCC)c1ccccc1Cl. The highest BCUT2D eigenvalue weighted by atomic mass is 35.5. The summed E-state index contributed by atoms with van der Waals surface area (Å²) in [6.07, 6.45) is 0.900. The minimum atomic E-state index is -1.50. The fraction of sp³-hybridized carbons (Fsp3) is 0.500. The van der Waals surface area contributed by atoms with Crippen LogP contribution in [0.3, 0.4) is 0 Å². The van der Waals surface area contributed by atoms with E-state index in [0.717, 1.165) is 0 Å². The largest absolute Gasteiger partial charge is 0.465 e. The van der Waals surface area contributed by atoms with Crippen LogP contribution in [0.1, 0.15) is 39.2 Å². The van der Waals surface area contributed by atoms with Gasteiger partial charge in [-0.25, -0.2) is 0 Å². The summed E-state index contributed by atoms with van der Waals surface area (Å²) in [7, 11) is 0. The van der Waals surface area contributed by atoms with E-state index in [4.69, 9.17) is 21.1 Å². The lowest BCUT2D eigenvalue weighted by molar-refractivity contribution is -0.165. The quantitative estimate of drug-likeness (QED) is 0.571. The third kappa shape index (κ3) is 3.56. The molecule has 0 spiro atoms. The Hall–Kier alpha value is -1.55. The van der Waals surface area contributed by atoms with Crippen LogP contribution < -0.4 is 0 Å². The lowest BCUT2D eigenvalue weighted by Crippen LogP contribution is -2.46. The van der Waals surface area contributed by atoms with Gasteiger partial charge in [-0.3, -0.25) is 9.59 Å². The van der Waals surface area contributed by atoms with E-state index in [0.29, 0.717) is 17.0 Å². The summed E-state index contributed by atoms with van der Waals surface area (Å²) in [6, 6.07) is 6.81. The zero-order valence-electron chi connectivity index (χ0n) is 12.6. The molecular weight excluding hydrogens is 292 g/mol. The van der Waals surface area contributed by atoms with Crippen LogP contribution in [-0.4, -0.2) is 25.2 Å². The molecule has 1 rings (SSSR count). The van der Waals surface area contributed by atoms with Gasteiger partial charge in [0.15, 0.2) is 5.41 Å². The molecule has 116 valence electrons. The van der Waals surface area contributed by atoms with Crippen molar-refractivity contribution in [2.75, 3.05) is 13.2 Å². The van der Waals surface area contributed by atoms with Crippen LogP contribution in [0, 0.1) is 0 Å². The van der Waals surface area contributed by atoms with Gasteiger partial charge in [0, 0.05) is 5.02 Å². The smallest absolute Gasteiger partial charge is 0.328 e. The summed E-state index contributed by atoms with van der Waals surface area (Å²) in [5, 5.41) is 0.354. The number of carbonyl (C=O) groups is 2. The average molecular weight is 313 g/mol. The molecule has 0 saturated carbocycles. The Morgan fingerprint density at radius 1 is 1.05 bits per heavy atom. The highest BCUT2D eigenvalue weighted by molar-refractivity contribution is 6.32. The number of hydrogen-bond donors (Lipinski definition) is 0. The molecular formula is C16H21ClO4. The summed E-state index contributed by atoms with van der Waals surface area (Å²) < 4.78 is 10.3. The van der Waals surface area contributed by atoms with Gasteiger partial charge in [0.25, 0.3) is 0 Å². The zero-order chi connectivity index (χ0) is 15.9. The predicted octanol–water partition coefficient (Wildman–Crippen LogP) is 3.50. The van der Waals surface area contributed by atoms with Crippen molar-refractivity contribution < 1.29 is 19.1 Å². The zero-order valence-corrected chi connectivity index (χ0v) is 13.4. The Balaban J connectivity index is 3.47. The molecule has 0 atom stereocenters. The lowest BCUT2D eigenvalue weighted by Gasteiger charge is -2.30. The predicted molar refractivity (Wildman–Crippen MR) is 81.3 cm³/mol. The molecule has 0 unspecified atom stereocenters. The first-order valence-electron chi connectivity index (χ1n) is 7.14. The molecule has 0 bridgehead atoms. The van der Waals surface area contributed by atoms with Gasteiger partial charge in [0.05, 0.1) is 13.2 Å². The van der Waals surface area contributed by atoms with E-state index in [1.54, 1.807) is 38.1 Å². The Morgan fingerprint density at radius 3 is 2.00 bits per heavy atom. The van der Waals surface area contributed by atoms with Crippen molar-refractivity contribution >= 4 is 23.5 Å². The van der Waals surface area contributed by atoms with Crippen LogP contribution in [0.5, 0.6) is 0 Å². The number of ether oxygens (including phenoxy) is 2. The number of rotatable bonds is 7. The van der Waals surface area contributed by atoms with Gasteiger partial charge in [-0.2, -0.15) is 0 Å². The first-order chi connectivity index (χ1) is 10.0. The molecule has 0 heterocycles. The first-order valence-corrected chi connectivity index (χ1v) is 7.51. The van der Waals surface area contributed by atoms with E-state index in [1.165, 1.54) is 0 Å². The molecule has 5 heteroatoms. The molecule has 0 aliphatic rings. The van der Waals surface area contributed by atoms with E-state index in [9.17, 15) is 9.59 Å². The molecule has 1 aromatic rings. The van der Waals surface area contributed by atoms with E-state index >= 15 is 0 Å². The Kier molecular flexibility index (Phi) is 6.69. The van der Waals surface area contributed by atoms with E-state index in [2.05, 4.69) is 0 Å². The van der Waals surface area contributed by atoms with Crippen LogP contribution in [-0.2, 0) is 24.5 Å².